The van der Waals surface area contributed by atoms with E-state index in [1.54, 1.807) is 12.1 Å². The topological polar surface area (TPSA) is 86.2 Å². The quantitative estimate of drug-likeness (QED) is 0.207. The highest BCUT2D eigenvalue weighted by molar-refractivity contribution is 5.81. The van der Waals surface area contributed by atoms with Gasteiger partial charge in [0.1, 0.15) is 0 Å². The molecule has 224 valence electrons. The first kappa shape index (κ1) is 34.4. The normalized spacial score (nSPS) is 9.67. The van der Waals surface area contributed by atoms with E-state index in [1.807, 2.05) is 140 Å². The fourth-order valence-electron chi connectivity index (χ4n) is 4.10. The zero-order valence-corrected chi connectivity index (χ0v) is 26.5. The minimum absolute atomic E-state index is 0.291. The Hall–Kier alpha value is -4.84. The van der Waals surface area contributed by atoms with Crippen LogP contribution in [-0.2, 0) is 6.42 Å². The molecular formula is C37H42N2O4. The van der Waals surface area contributed by atoms with Gasteiger partial charge < -0.3 is 8.83 Å². The summed E-state index contributed by atoms with van der Waals surface area (Å²) in [5.74, 6) is 0.582. The predicted molar refractivity (Wildman–Crippen MR) is 180 cm³/mol. The van der Waals surface area contributed by atoms with Gasteiger partial charge in [0.25, 0.3) is 0 Å². The summed E-state index contributed by atoms with van der Waals surface area (Å²) in [5.41, 5.74) is 3.55. The maximum atomic E-state index is 12.7. The Kier molecular flexibility index (Phi) is 14.3. The molecule has 0 saturated heterocycles. The summed E-state index contributed by atoms with van der Waals surface area (Å²) in [4.78, 5) is 34.4. The van der Waals surface area contributed by atoms with Crippen molar-refractivity contribution in [2.45, 2.75) is 61.8 Å². The maximum Gasteiger partial charge on any atom is 0.347 e. The van der Waals surface area contributed by atoms with Crippen LogP contribution < -0.4 is 11.3 Å². The minimum Gasteiger partial charge on any atom is -0.403 e. The summed E-state index contributed by atoms with van der Waals surface area (Å²) < 4.78 is 10.9. The predicted octanol–water partition coefficient (Wildman–Crippen LogP) is 9.72. The first-order valence-electron chi connectivity index (χ1n) is 15.1. The third-order valence-electron chi connectivity index (χ3n) is 5.83. The lowest BCUT2D eigenvalue weighted by Crippen LogP contribution is -2.05. The lowest BCUT2D eigenvalue weighted by molar-refractivity contribution is 0.518. The Morgan fingerprint density at radius 1 is 0.488 bits per heavy atom. The molecule has 0 atom stereocenters. The molecule has 6 nitrogen and oxygen atoms in total. The molecule has 0 spiro atoms. The van der Waals surface area contributed by atoms with Gasteiger partial charge in [-0.25, -0.2) is 19.6 Å². The number of hydrogen-bond donors (Lipinski definition) is 0. The molecule has 4 aromatic carbocycles. The molecule has 43 heavy (non-hydrogen) atoms. The molecule has 0 aliphatic carbocycles. The number of fused-ring (bicyclic) bond motifs is 2. The third kappa shape index (κ3) is 8.58. The van der Waals surface area contributed by atoms with Crippen LogP contribution in [0.3, 0.4) is 0 Å². The number of hydrogen-bond acceptors (Lipinski definition) is 6. The monoisotopic (exact) mass is 578 g/mol. The zero-order valence-electron chi connectivity index (χ0n) is 26.5. The summed E-state index contributed by atoms with van der Waals surface area (Å²) in [7, 11) is 0. The second-order valence-corrected chi connectivity index (χ2v) is 8.22. The van der Waals surface area contributed by atoms with E-state index in [4.69, 9.17) is 8.83 Å². The van der Waals surface area contributed by atoms with Crippen molar-refractivity contribution in [3.05, 3.63) is 129 Å². The van der Waals surface area contributed by atoms with E-state index in [9.17, 15) is 9.59 Å². The first-order chi connectivity index (χ1) is 21.1. The average molecular weight is 579 g/mol. The fourth-order valence-corrected chi connectivity index (χ4v) is 4.10. The molecule has 6 aromatic rings. The number of benzene rings is 4. The summed E-state index contributed by atoms with van der Waals surface area (Å²) in [6.07, 6.45) is 0.519. The van der Waals surface area contributed by atoms with Crippen LogP contribution in [-0.4, -0.2) is 9.97 Å². The van der Waals surface area contributed by atoms with E-state index < -0.39 is 11.3 Å². The molecule has 2 aromatic heterocycles. The van der Waals surface area contributed by atoms with Crippen LogP contribution in [0.25, 0.3) is 44.7 Å². The van der Waals surface area contributed by atoms with Gasteiger partial charge in [-0.05, 0) is 66.1 Å². The third-order valence-corrected chi connectivity index (χ3v) is 5.83. The van der Waals surface area contributed by atoms with E-state index in [-0.39, 0.29) is 0 Å². The average Bonchev–Trinajstić information content (AvgIpc) is 3.09. The molecule has 0 aliphatic rings. The van der Waals surface area contributed by atoms with Gasteiger partial charge in [-0.15, -0.1) is 0 Å². The van der Waals surface area contributed by atoms with E-state index in [0.717, 1.165) is 22.3 Å². The molecule has 0 N–H and O–H groups in total. The van der Waals surface area contributed by atoms with Gasteiger partial charge in [0.05, 0.1) is 21.8 Å². The van der Waals surface area contributed by atoms with Crippen molar-refractivity contribution < 1.29 is 8.83 Å². The Morgan fingerprint density at radius 3 is 1.19 bits per heavy atom. The molecule has 0 saturated carbocycles. The van der Waals surface area contributed by atoms with Crippen molar-refractivity contribution in [1.29, 1.82) is 0 Å². The van der Waals surface area contributed by atoms with Gasteiger partial charge in [0, 0.05) is 11.1 Å². The van der Waals surface area contributed by atoms with Gasteiger partial charge in [0.15, 0.2) is 0 Å². The lowest BCUT2D eigenvalue weighted by Gasteiger charge is -2.07. The van der Waals surface area contributed by atoms with Crippen molar-refractivity contribution in [2.24, 2.45) is 0 Å². The van der Waals surface area contributed by atoms with Gasteiger partial charge >= 0.3 is 11.3 Å². The molecule has 0 fully saturated rings. The van der Waals surface area contributed by atoms with E-state index in [0.29, 0.717) is 40.0 Å². The molecular weight excluding hydrogens is 536 g/mol. The van der Waals surface area contributed by atoms with Gasteiger partial charge in [-0.1, -0.05) is 104 Å². The maximum absolute atomic E-state index is 12.7. The van der Waals surface area contributed by atoms with Crippen molar-refractivity contribution in [3.63, 3.8) is 0 Å². The summed E-state index contributed by atoms with van der Waals surface area (Å²) >= 11 is 0. The fraction of sp³-hybridized carbons (Fsp3) is 0.243. The highest BCUT2D eigenvalue weighted by Gasteiger charge is 2.12. The summed E-state index contributed by atoms with van der Waals surface area (Å²) in [6.45, 7) is 16.0. The van der Waals surface area contributed by atoms with Crippen LogP contribution in [0.5, 0.6) is 0 Å². The minimum atomic E-state index is -0.437. The molecule has 6 rings (SSSR count). The van der Waals surface area contributed by atoms with Gasteiger partial charge in [-0.2, -0.15) is 0 Å². The molecule has 0 aliphatic heterocycles. The van der Waals surface area contributed by atoms with E-state index in [2.05, 4.69) is 9.97 Å². The standard InChI is InChI=1S/C29H18N2O4.4C2H6/c32-28-22-16-18(11-13-24(22)30-26(34-28)20-7-3-1-4-8-20)15-19-12-14-25-23(17-19)29(33)35-27(31-25)21-9-5-2-6-10-21;4*1-2/h1-14,16-17H,15H2;4*1-2H3. The van der Waals surface area contributed by atoms with E-state index >= 15 is 0 Å². The van der Waals surface area contributed by atoms with Crippen molar-refractivity contribution in [1.82, 2.24) is 9.97 Å². The molecule has 0 radical (unpaired) electrons. The second-order valence-electron chi connectivity index (χ2n) is 8.22. The van der Waals surface area contributed by atoms with Crippen molar-refractivity contribution in [2.75, 3.05) is 0 Å². The SMILES string of the molecule is CC.CC.CC.CC.O=c1oc(-c2ccccc2)nc2ccc(Cc3ccc4nc(-c5ccccc5)oc(=O)c4c3)cc12. The zero-order chi connectivity index (χ0) is 31.8. The summed E-state index contributed by atoms with van der Waals surface area (Å²) in [5, 5.41) is 0.827. The Morgan fingerprint density at radius 2 is 0.837 bits per heavy atom. The smallest absolute Gasteiger partial charge is 0.347 e. The van der Waals surface area contributed by atoms with Crippen molar-refractivity contribution in [3.8, 4) is 22.9 Å². The Bertz CT molecular complexity index is 1670. The molecule has 2 heterocycles. The van der Waals surface area contributed by atoms with Crippen LogP contribution >= 0.6 is 0 Å². The Labute approximate surface area is 254 Å². The Balaban J connectivity index is 0.000000748. The molecule has 0 unspecified atom stereocenters. The van der Waals surface area contributed by atoms with Crippen LogP contribution in [0.1, 0.15) is 66.5 Å². The summed E-state index contributed by atoms with van der Waals surface area (Å²) in [6, 6.07) is 29.7. The first-order valence-corrected chi connectivity index (χ1v) is 15.1. The van der Waals surface area contributed by atoms with Crippen LogP contribution in [0.2, 0.25) is 0 Å². The van der Waals surface area contributed by atoms with Gasteiger partial charge in [0.2, 0.25) is 11.8 Å². The highest BCUT2D eigenvalue weighted by atomic mass is 16.4. The highest BCUT2D eigenvalue weighted by Crippen LogP contribution is 2.22. The largest absolute Gasteiger partial charge is 0.403 e. The lowest BCUT2D eigenvalue weighted by atomic mass is 10.0. The van der Waals surface area contributed by atoms with Crippen LogP contribution in [0.4, 0.5) is 0 Å². The molecule has 0 amide bonds. The van der Waals surface area contributed by atoms with Crippen molar-refractivity contribution >= 4 is 21.8 Å². The van der Waals surface area contributed by atoms with Crippen LogP contribution in [0, 0.1) is 0 Å². The van der Waals surface area contributed by atoms with Crippen LogP contribution in [0.15, 0.2) is 115 Å². The van der Waals surface area contributed by atoms with E-state index in [1.165, 1.54) is 0 Å². The molecule has 6 heteroatoms. The van der Waals surface area contributed by atoms with Gasteiger partial charge in [-0.3, -0.25) is 0 Å². The number of nitrogens with zero attached hydrogens (tertiary/aromatic N) is 2. The molecule has 0 bridgehead atoms. The second kappa shape index (κ2) is 17.9. The number of rotatable bonds is 4. The number of aromatic nitrogens is 2.